The summed E-state index contributed by atoms with van der Waals surface area (Å²) in [5.41, 5.74) is 1.14. The lowest BCUT2D eigenvalue weighted by Gasteiger charge is -2.42. The van der Waals surface area contributed by atoms with Crippen molar-refractivity contribution in [3.63, 3.8) is 0 Å². The van der Waals surface area contributed by atoms with Gasteiger partial charge in [-0.15, -0.1) is 0 Å². The highest BCUT2D eigenvalue weighted by molar-refractivity contribution is 5.74. The molecule has 0 bridgehead atoms. The third-order valence-electron chi connectivity index (χ3n) is 8.26. The van der Waals surface area contributed by atoms with E-state index in [2.05, 4.69) is 37.6 Å². The number of hydrogen-bond donors (Lipinski definition) is 2. The van der Waals surface area contributed by atoms with Crippen LogP contribution < -0.4 is 15.5 Å². The van der Waals surface area contributed by atoms with Crippen LogP contribution in [0.15, 0.2) is 42.6 Å². The van der Waals surface area contributed by atoms with E-state index in [1.54, 1.807) is 0 Å². The second-order valence-corrected chi connectivity index (χ2v) is 10.9. The molecule has 0 radical (unpaired) electrons. The van der Waals surface area contributed by atoms with Crippen LogP contribution in [0.3, 0.4) is 0 Å². The molecule has 8 heteroatoms. The zero-order valence-corrected chi connectivity index (χ0v) is 22.3. The summed E-state index contributed by atoms with van der Waals surface area (Å²) >= 11 is 0. The fourth-order valence-electron chi connectivity index (χ4n) is 6.07. The number of carbonyl (C=O) groups is 1. The lowest BCUT2D eigenvalue weighted by atomic mass is 9.98. The normalized spacial score (nSPS) is 22.8. The van der Waals surface area contributed by atoms with Crippen molar-refractivity contribution in [3.05, 3.63) is 48.2 Å². The Morgan fingerprint density at radius 3 is 2.43 bits per heavy atom. The maximum absolute atomic E-state index is 12.9. The smallest absolute Gasteiger partial charge is 0.317 e. The number of hydrogen-bond acceptors (Lipinski definition) is 6. The standard InChI is InChI=1S/C29H43N7O/c1-23(24-10-5-4-6-11-24)31-29(37)35-20-14-26(15-21-35)36-19-9-12-25(22-36)32-28-30-16-13-27(33-28)34-17-7-2-3-8-18-34/h4-6,10-11,13,16,23,25-26H,2-3,7-9,12,14-15,17-22H2,1H3,(H,31,37)(H,30,32,33)/t23-,25?/m1/s1. The first-order chi connectivity index (χ1) is 18.2. The van der Waals surface area contributed by atoms with Crippen LogP contribution in [0.1, 0.15) is 69.9 Å². The van der Waals surface area contributed by atoms with Gasteiger partial charge in [0.1, 0.15) is 5.82 Å². The van der Waals surface area contributed by atoms with E-state index in [9.17, 15) is 4.79 Å². The van der Waals surface area contributed by atoms with E-state index in [1.165, 1.54) is 32.1 Å². The van der Waals surface area contributed by atoms with Gasteiger partial charge < -0.3 is 20.4 Å². The van der Waals surface area contributed by atoms with Crippen molar-refractivity contribution in [3.8, 4) is 0 Å². The van der Waals surface area contributed by atoms with Crippen molar-refractivity contribution < 1.29 is 4.79 Å². The maximum atomic E-state index is 12.9. The number of aromatic nitrogens is 2. The summed E-state index contributed by atoms with van der Waals surface area (Å²) in [6, 6.07) is 13.2. The third kappa shape index (κ3) is 6.92. The number of anilines is 2. The Labute approximate surface area is 221 Å². The minimum absolute atomic E-state index is 0.0143. The monoisotopic (exact) mass is 505 g/mol. The van der Waals surface area contributed by atoms with Gasteiger partial charge in [-0.1, -0.05) is 43.2 Å². The van der Waals surface area contributed by atoms with Crippen molar-refractivity contribution in [2.75, 3.05) is 49.5 Å². The average Bonchev–Trinajstić information content (AvgIpc) is 3.24. The average molecular weight is 506 g/mol. The second kappa shape index (κ2) is 12.6. The van der Waals surface area contributed by atoms with Gasteiger partial charge >= 0.3 is 6.03 Å². The maximum Gasteiger partial charge on any atom is 0.317 e. The highest BCUT2D eigenvalue weighted by atomic mass is 16.2. The lowest BCUT2D eigenvalue weighted by molar-refractivity contribution is 0.0962. The van der Waals surface area contributed by atoms with Crippen LogP contribution in [0.4, 0.5) is 16.6 Å². The Kier molecular flexibility index (Phi) is 8.76. The predicted molar refractivity (Wildman–Crippen MR) is 149 cm³/mol. The number of urea groups is 1. The molecule has 2 aromatic rings. The first-order valence-corrected chi connectivity index (χ1v) is 14.3. The molecule has 1 aromatic heterocycles. The van der Waals surface area contributed by atoms with Gasteiger partial charge in [0.05, 0.1) is 6.04 Å². The largest absolute Gasteiger partial charge is 0.356 e. The SMILES string of the molecule is C[C@@H](NC(=O)N1CCC(N2CCCC(Nc3nccc(N4CCCCCC4)n3)C2)CC1)c1ccccc1. The molecule has 1 aromatic carbocycles. The molecule has 3 aliphatic heterocycles. The van der Waals surface area contributed by atoms with Gasteiger partial charge in [0, 0.05) is 51.0 Å². The van der Waals surface area contributed by atoms with Gasteiger partial charge in [0.15, 0.2) is 0 Å². The van der Waals surface area contributed by atoms with Crippen LogP contribution in [0.2, 0.25) is 0 Å². The molecule has 3 fully saturated rings. The molecular weight excluding hydrogens is 462 g/mol. The van der Waals surface area contributed by atoms with Crippen LogP contribution in [-0.2, 0) is 0 Å². The van der Waals surface area contributed by atoms with Crippen LogP contribution in [0.25, 0.3) is 0 Å². The summed E-state index contributed by atoms with van der Waals surface area (Å²) in [6.07, 6.45) is 11.4. The van der Waals surface area contributed by atoms with Crippen LogP contribution in [0, 0.1) is 0 Å². The van der Waals surface area contributed by atoms with Gasteiger partial charge in [0.25, 0.3) is 0 Å². The van der Waals surface area contributed by atoms with Crippen LogP contribution >= 0.6 is 0 Å². The number of carbonyl (C=O) groups excluding carboxylic acids is 1. The van der Waals surface area contributed by atoms with Crippen molar-refractivity contribution in [2.45, 2.75) is 76.4 Å². The summed E-state index contributed by atoms with van der Waals surface area (Å²) in [5.74, 6) is 1.81. The van der Waals surface area contributed by atoms with Crippen molar-refractivity contribution in [1.82, 2.24) is 25.1 Å². The first kappa shape index (κ1) is 25.8. The van der Waals surface area contributed by atoms with Crippen molar-refractivity contribution in [2.24, 2.45) is 0 Å². The van der Waals surface area contributed by atoms with E-state index in [-0.39, 0.29) is 12.1 Å². The molecule has 0 spiro atoms. The molecule has 0 saturated carbocycles. The predicted octanol–water partition coefficient (Wildman–Crippen LogP) is 4.67. The number of benzene rings is 1. The van der Waals surface area contributed by atoms with E-state index < -0.39 is 0 Å². The van der Waals surface area contributed by atoms with Gasteiger partial charge in [-0.05, 0) is 63.6 Å². The molecule has 3 saturated heterocycles. The first-order valence-electron chi connectivity index (χ1n) is 14.3. The molecule has 8 nitrogen and oxygen atoms in total. The second-order valence-electron chi connectivity index (χ2n) is 10.9. The Bertz CT molecular complexity index is 987. The minimum atomic E-state index is 0.0143. The fourth-order valence-corrected chi connectivity index (χ4v) is 6.07. The number of likely N-dealkylation sites (tertiary alicyclic amines) is 2. The number of nitrogens with zero attached hydrogens (tertiary/aromatic N) is 5. The molecule has 2 N–H and O–H groups in total. The van der Waals surface area contributed by atoms with Gasteiger partial charge in [-0.2, -0.15) is 4.98 Å². The zero-order valence-electron chi connectivity index (χ0n) is 22.3. The number of rotatable bonds is 6. The topological polar surface area (TPSA) is 76.6 Å². The molecule has 4 heterocycles. The van der Waals surface area contributed by atoms with Gasteiger partial charge in [-0.3, -0.25) is 4.90 Å². The van der Waals surface area contributed by atoms with E-state index in [0.29, 0.717) is 12.1 Å². The Hall–Kier alpha value is -2.87. The molecular formula is C29H43N7O. The van der Waals surface area contributed by atoms with E-state index in [4.69, 9.17) is 4.98 Å². The summed E-state index contributed by atoms with van der Waals surface area (Å²) < 4.78 is 0. The Morgan fingerprint density at radius 2 is 1.68 bits per heavy atom. The number of amides is 2. The third-order valence-corrected chi connectivity index (χ3v) is 8.26. The van der Waals surface area contributed by atoms with E-state index in [1.807, 2.05) is 42.3 Å². The van der Waals surface area contributed by atoms with Crippen molar-refractivity contribution >= 4 is 17.8 Å². The van der Waals surface area contributed by atoms with Crippen molar-refractivity contribution in [1.29, 1.82) is 0 Å². The van der Waals surface area contributed by atoms with Gasteiger partial charge in [0.2, 0.25) is 5.95 Å². The van der Waals surface area contributed by atoms with Crippen LogP contribution in [0.5, 0.6) is 0 Å². The summed E-state index contributed by atoms with van der Waals surface area (Å²) in [7, 11) is 0. The molecule has 2 amide bonds. The molecule has 5 rings (SSSR count). The molecule has 200 valence electrons. The van der Waals surface area contributed by atoms with Crippen LogP contribution in [-0.4, -0.2) is 77.2 Å². The molecule has 37 heavy (non-hydrogen) atoms. The molecule has 3 aliphatic rings. The summed E-state index contributed by atoms with van der Waals surface area (Å²) in [5, 5.41) is 6.82. The minimum Gasteiger partial charge on any atom is -0.356 e. The zero-order chi connectivity index (χ0) is 25.5. The van der Waals surface area contributed by atoms with E-state index in [0.717, 1.165) is 75.9 Å². The molecule has 2 atom stereocenters. The number of nitrogens with one attached hydrogen (secondary N) is 2. The fraction of sp³-hybridized carbons (Fsp3) is 0.621. The summed E-state index contributed by atoms with van der Waals surface area (Å²) in [6.45, 7) is 8.01. The Balaban J connectivity index is 1.10. The highest BCUT2D eigenvalue weighted by Gasteiger charge is 2.31. The van der Waals surface area contributed by atoms with E-state index >= 15 is 0 Å². The highest BCUT2D eigenvalue weighted by Crippen LogP contribution is 2.24. The Morgan fingerprint density at radius 1 is 0.919 bits per heavy atom. The lowest BCUT2D eigenvalue weighted by Crippen LogP contribution is -2.53. The van der Waals surface area contributed by atoms with Gasteiger partial charge in [-0.25, -0.2) is 9.78 Å². The number of piperidine rings is 2. The molecule has 1 unspecified atom stereocenters. The molecule has 0 aliphatic carbocycles. The summed E-state index contributed by atoms with van der Waals surface area (Å²) in [4.78, 5) is 29.3. The quantitative estimate of drug-likeness (QED) is 0.594.